The minimum Gasteiger partial charge on any atom is -0.394 e. The molecule has 1 aliphatic rings. The average molecular weight is 423 g/mol. The summed E-state index contributed by atoms with van der Waals surface area (Å²) in [6.07, 6.45) is 4.72. The Morgan fingerprint density at radius 3 is 1.93 bits per heavy atom. The summed E-state index contributed by atoms with van der Waals surface area (Å²) in [5.41, 5.74) is 0. The van der Waals surface area contributed by atoms with E-state index in [0.29, 0.717) is 6.42 Å². The summed E-state index contributed by atoms with van der Waals surface area (Å²) in [6.45, 7) is 0.846. The van der Waals surface area contributed by atoms with Gasteiger partial charge < -0.3 is 40.1 Å². The predicted molar refractivity (Wildman–Crippen MR) is 108 cm³/mol. The highest BCUT2D eigenvalue weighted by Gasteiger charge is 2.54. The topological polar surface area (TPSA) is 140 Å². The number of ether oxygens (including phenoxy) is 2. The Labute approximate surface area is 174 Å². The Morgan fingerprint density at radius 2 is 1.41 bits per heavy atom. The molecule has 1 rings (SSSR count). The maximum Gasteiger partial charge on any atom is 0.197 e. The van der Waals surface area contributed by atoms with Crippen LogP contribution in [-0.2, 0) is 9.47 Å². The zero-order valence-electron chi connectivity index (χ0n) is 17.8. The van der Waals surface area contributed by atoms with E-state index in [1.807, 2.05) is 0 Å². The van der Waals surface area contributed by atoms with E-state index in [-0.39, 0.29) is 13.0 Å². The van der Waals surface area contributed by atoms with Crippen LogP contribution >= 0.6 is 0 Å². The van der Waals surface area contributed by atoms with Gasteiger partial charge in [-0.1, -0.05) is 64.7 Å². The third kappa shape index (κ3) is 8.75. The molecule has 0 bridgehead atoms. The van der Waals surface area contributed by atoms with Crippen molar-refractivity contribution in [3.8, 4) is 0 Å². The molecule has 0 aliphatic carbocycles. The molecule has 2 unspecified atom stereocenters. The lowest BCUT2D eigenvalue weighted by Gasteiger charge is -2.48. The van der Waals surface area contributed by atoms with E-state index in [1.54, 1.807) is 0 Å². The molecule has 1 aliphatic heterocycles. The fourth-order valence-corrected chi connectivity index (χ4v) is 3.75. The second-order valence-electron chi connectivity index (χ2n) is 8.16. The molecule has 29 heavy (non-hydrogen) atoms. The molecule has 6 N–H and O–H groups in total. The van der Waals surface area contributed by atoms with Crippen LogP contribution in [0.3, 0.4) is 0 Å². The van der Waals surface area contributed by atoms with Crippen LogP contribution in [0.1, 0.15) is 77.6 Å². The lowest BCUT2D eigenvalue weighted by Crippen LogP contribution is -2.66. The first-order chi connectivity index (χ1) is 13.9. The molecule has 0 aromatic carbocycles. The van der Waals surface area contributed by atoms with Crippen LogP contribution in [0.5, 0.6) is 0 Å². The molecule has 6 atom stereocenters. The largest absolute Gasteiger partial charge is 0.394 e. The summed E-state index contributed by atoms with van der Waals surface area (Å²) >= 11 is 0. The van der Waals surface area contributed by atoms with E-state index in [1.165, 1.54) is 38.5 Å². The van der Waals surface area contributed by atoms with Gasteiger partial charge in [-0.2, -0.15) is 0 Å². The lowest BCUT2D eigenvalue weighted by atomic mass is 9.89. The quantitative estimate of drug-likeness (QED) is 0.201. The van der Waals surface area contributed by atoms with Gasteiger partial charge in [0, 0.05) is 6.42 Å². The first-order valence-electron chi connectivity index (χ1n) is 11.2. The second-order valence-corrected chi connectivity index (χ2v) is 8.16. The highest BCUT2D eigenvalue weighted by atomic mass is 16.7. The van der Waals surface area contributed by atoms with Crippen LogP contribution in [-0.4, -0.2) is 86.8 Å². The van der Waals surface area contributed by atoms with E-state index in [4.69, 9.17) is 14.6 Å². The van der Waals surface area contributed by atoms with Gasteiger partial charge in [0.2, 0.25) is 0 Å². The smallest absolute Gasteiger partial charge is 0.197 e. The van der Waals surface area contributed by atoms with E-state index in [0.717, 1.165) is 19.3 Å². The number of aliphatic hydroxyl groups is 6. The van der Waals surface area contributed by atoms with Crippen LogP contribution in [0, 0.1) is 0 Å². The van der Waals surface area contributed by atoms with Crippen molar-refractivity contribution >= 4 is 0 Å². The molecular weight excluding hydrogens is 380 g/mol. The predicted octanol–water partition coefficient (Wildman–Crippen LogP) is 0.837. The van der Waals surface area contributed by atoms with Crippen molar-refractivity contribution in [1.82, 2.24) is 0 Å². The van der Waals surface area contributed by atoms with Crippen molar-refractivity contribution in [3.63, 3.8) is 0 Å². The van der Waals surface area contributed by atoms with Crippen molar-refractivity contribution in [2.75, 3.05) is 19.8 Å². The van der Waals surface area contributed by atoms with Gasteiger partial charge in [-0.15, -0.1) is 0 Å². The van der Waals surface area contributed by atoms with Gasteiger partial charge in [0.15, 0.2) is 5.79 Å². The lowest BCUT2D eigenvalue weighted by molar-refractivity contribution is -0.370. The first kappa shape index (κ1) is 26.7. The zero-order chi connectivity index (χ0) is 21.7. The Morgan fingerprint density at radius 1 is 0.862 bits per heavy atom. The SMILES string of the molecule is CCCCCCCCCCCCC1(OCC(O)CO)O[C@H](CO)[C@@H](O)[C@H](O)[C@H]1O. The average Bonchev–Trinajstić information content (AvgIpc) is 2.73. The van der Waals surface area contributed by atoms with Gasteiger partial charge in [-0.25, -0.2) is 0 Å². The minimum absolute atomic E-state index is 0.239. The van der Waals surface area contributed by atoms with Crippen molar-refractivity contribution in [1.29, 1.82) is 0 Å². The van der Waals surface area contributed by atoms with Crippen LogP contribution in [0.4, 0.5) is 0 Å². The normalized spacial score (nSPS) is 31.1. The molecule has 174 valence electrons. The highest BCUT2D eigenvalue weighted by molar-refractivity contribution is 4.97. The van der Waals surface area contributed by atoms with Gasteiger partial charge in [-0.05, 0) is 6.42 Å². The van der Waals surface area contributed by atoms with Crippen LogP contribution in [0.15, 0.2) is 0 Å². The highest BCUT2D eigenvalue weighted by Crippen LogP contribution is 2.35. The number of aliphatic hydroxyl groups excluding tert-OH is 6. The summed E-state index contributed by atoms with van der Waals surface area (Å²) in [4.78, 5) is 0. The van der Waals surface area contributed by atoms with Gasteiger partial charge >= 0.3 is 0 Å². The summed E-state index contributed by atoms with van der Waals surface area (Å²) < 4.78 is 11.3. The first-order valence-corrected chi connectivity index (χ1v) is 11.2. The van der Waals surface area contributed by atoms with Gasteiger partial charge in [0.25, 0.3) is 0 Å². The summed E-state index contributed by atoms with van der Waals surface area (Å²) in [6, 6.07) is 0. The number of hydrogen-bond acceptors (Lipinski definition) is 8. The van der Waals surface area contributed by atoms with Crippen molar-refractivity contribution in [2.45, 2.75) is 114 Å². The number of hydrogen-bond donors (Lipinski definition) is 6. The van der Waals surface area contributed by atoms with Gasteiger partial charge in [0.1, 0.15) is 30.5 Å². The molecular formula is C21H42O8. The van der Waals surface area contributed by atoms with Gasteiger partial charge in [-0.3, -0.25) is 0 Å². The number of unbranched alkanes of at least 4 members (excludes halogenated alkanes) is 9. The molecule has 0 spiro atoms. The van der Waals surface area contributed by atoms with Gasteiger partial charge in [0.05, 0.1) is 19.8 Å². The third-order valence-electron chi connectivity index (χ3n) is 5.65. The monoisotopic (exact) mass is 422 g/mol. The van der Waals surface area contributed by atoms with Crippen molar-refractivity contribution in [2.24, 2.45) is 0 Å². The summed E-state index contributed by atoms with van der Waals surface area (Å²) in [5.74, 6) is -1.65. The van der Waals surface area contributed by atoms with Crippen molar-refractivity contribution in [3.05, 3.63) is 0 Å². The molecule has 0 radical (unpaired) electrons. The summed E-state index contributed by atoms with van der Waals surface area (Å²) in [5, 5.41) is 58.7. The fraction of sp³-hybridized carbons (Fsp3) is 1.00. The molecule has 0 aromatic rings. The van der Waals surface area contributed by atoms with Crippen LogP contribution in [0.25, 0.3) is 0 Å². The van der Waals surface area contributed by atoms with Crippen molar-refractivity contribution < 1.29 is 40.1 Å². The molecule has 1 fully saturated rings. The van der Waals surface area contributed by atoms with E-state index < -0.39 is 49.5 Å². The Balaban J connectivity index is 2.51. The molecule has 0 aromatic heterocycles. The van der Waals surface area contributed by atoms with E-state index in [2.05, 4.69) is 6.92 Å². The third-order valence-corrected chi connectivity index (χ3v) is 5.65. The zero-order valence-corrected chi connectivity index (χ0v) is 17.8. The summed E-state index contributed by atoms with van der Waals surface area (Å²) in [7, 11) is 0. The standard InChI is InChI=1S/C21H42O8/c1-2-3-4-5-6-7-8-9-10-11-12-21(28-15-16(24)13-22)20(27)19(26)18(25)17(14-23)29-21/h16-20,22-27H,2-15H2,1H3/t16?,17-,18-,19+,20-,21?/m1/s1. The molecule has 1 heterocycles. The fourth-order valence-electron chi connectivity index (χ4n) is 3.75. The molecule has 0 amide bonds. The van der Waals surface area contributed by atoms with E-state index >= 15 is 0 Å². The Kier molecular flexibility index (Phi) is 13.5. The van der Waals surface area contributed by atoms with Crippen LogP contribution in [0.2, 0.25) is 0 Å². The second kappa shape index (κ2) is 14.6. The Hall–Kier alpha value is -0.320. The molecule has 8 heteroatoms. The molecule has 0 saturated carbocycles. The maximum absolute atomic E-state index is 10.5. The van der Waals surface area contributed by atoms with Crippen LogP contribution < -0.4 is 0 Å². The molecule has 1 saturated heterocycles. The minimum atomic E-state index is -1.65. The maximum atomic E-state index is 10.5. The van der Waals surface area contributed by atoms with E-state index in [9.17, 15) is 25.5 Å². The molecule has 8 nitrogen and oxygen atoms in total. The Bertz CT molecular complexity index is 408. The number of rotatable bonds is 16.